The first-order valence-electron chi connectivity index (χ1n) is 5.75. The summed E-state index contributed by atoms with van der Waals surface area (Å²) < 4.78 is 5.04. The summed E-state index contributed by atoms with van der Waals surface area (Å²) >= 11 is 0. The minimum Gasteiger partial charge on any atom is -0.463 e. The lowest BCUT2D eigenvalue weighted by molar-refractivity contribution is -0.151. The van der Waals surface area contributed by atoms with E-state index in [1.807, 2.05) is 6.92 Å². The number of nitrogens with one attached hydrogen (secondary N) is 1. The van der Waals surface area contributed by atoms with Gasteiger partial charge >= 0.3 is 5.97 Å². The van der Waals surface area contributed by atoms with Crippen molar-refractivity contribution in [3.8, 4) is 0 Å². The number of aliphatic hydroxyl groups excluding tert-OH is 1. The molecule has 4 nitrogen and oxygen atoms in total. The molecule has 0 saturated carbocycles. The van der Waals surface area contributed by atoms with Crippen LogP contribution in [0.4, 0.5) is 0 Å². The lowest BCUT2D eigenvalue weighted by atomic mass is 9.85. The summed E-state index contributed by atoms with van der Waals surface area (Å²) in [5.41, 5.74) is 0.113. The van der Waals surface area contributed by atoms with Gasteiger partial charge in [-0.3, -0.25) is 4.79 Å². The van der Waals surface area contributed by atoms with Crippen molar-refractivity contribution in [2.45, 2.75) is 40.2 Å². The van der Waals surface area contributed by atoms with Gasteiger partial charge in [-0.2, -0.15) is 0 Å². The maximum atomic E-state index is 11.6. The van der Waals surface area contributed by atoms with Gasteiger partial charge in [0.2, 0.25) is 0 Å². The van der Waals surface area contributed by atoms with E-state index < -0.39 is 6.10 Å². The number of rotatable bonds is 6. The Balaban J connectivity index is 3.88. The number of carbonyl (C=O) groups is 1. The van der Waals surface area contributed by atoms with E-state index in [1.54, 1.807) is 7.05 Å². The van der Waals surface area contributed by atoms with Crippen LogP contribution in [-0.4, -0.2) is 37.4 Å². The molecule has 2 unspecified atom stereocenters. The number of esters is 1. The summed E-state index contributed by atoms with van der Waals surface area (Å²) in [6.45, 7) is 8.62. The lowest BCUT2D eigenvalue weighted by Crippen LogP contribution is -2.30. The molecule has 0 radical (unpaired) electrons. The molecule has 2 N–H and O–H groups in total. The van der Waals surface area contributed by atoms with Gasteiger partial charge < -0.3 is 15.2 Å². The zero-order valence-electron chi connectivity index (χ0n) is 11.0. The molecule has 2 atom stereocenters. The average Bonchev–Trinajstić information content (AvgIpc) is 2.11. The highest BCUT2D eigenvalue weighted by molar-refractivity contribution is 5.72. The fraction of sp³-hybridized carbons (Fsp3) is 0.917. The quantitative estimate of drug-likeness (QED) is 0.674. The molecule has 0 rings (SSSR count). The highest BCUT2D eigenvalue weighted by atomic mass is 16.5. The first-order chi connectivity index (χ1) is 7.26. The Morgan fingerprint density at radius 1 is 1.44 bits per heavy atom. The van der Waals surface area contributed by atoms with Gasteiger partial charge in [-0.25, -0.2) is 0 Å². The summed E-state index contributed by atoms with van der Waals surface area (Å²) in [6.07, 6.45) is 0.157. The van der Waals surface area contributed by atoms with Crippen molar-refractivity contribution in [2.75, 3.05) is 20.2 Å². The molecule has 0 saturated heterocycles. The van der Waals surface area contributed by atoms with E-state index in [-0.39, 0.29) is 23.9 Å². The molecule has 0 aromatic heterocycles. The molecule has 0 aromatic rings. The normalized spacial score (nSPS) is 15.6. The molecule has 4 heteroatoms. The highest BCUT2D eigenvalue weighted by Gasteiger charge is 2.22. The smallest absolute Gasteiger partial charge is 0.308 e. The predicted molar refractivity (Wildman–Crippen MR) is 64.1 cm³/mol. The molecule has 0 aliphatic rings. The average molecular weight is 231 g/mol. The van der Waals surface area contributed by atoms with Crippen LogP contribution in [0.15, 0.2) is 0 Å². The van der Waals surface area contributed by atoms with E-state index in [0.717, 1.165) is 6.42 Å². The molecule has 16 heavy (non-hydrogen) atoms. The molecule has 0 heterocycles. The van der Waals surface area contributed by atoms with Crippen LogP contribution in [0.5, 0.6) is 0 Å². The number of likely N-dealkylation sites (N-methyl/N-ethyl adjacent to an activating group) is 1. The number of carbonyl (C=O) groups excluding carboxylic acids is 1. The first-order valence-corrected chi connectivity index (χ1v) is 5.75. The summed E-state index contributed by atoms with van der Waals surface area (Å²) in [7, 11) is 1.74. The highest BCUT2D eigenvalue weighted by Crippen LogP contribution is 2.24. The summed E-state index contributed by atoms with van der Waals surface area (Å²) in [5.74, 6) is -0.355. The van der Waals surface area contributed by atoms with E-state index in [2.05, 4.69) is 26.1 Å². The van der Waals surface area contributed by atoms with Crippen LogP contribution in [0.2, 0.25) is 0 Å². The lowest BCUT2D eigenvalue weighted by Gasteiger charge is -2.22. The minimum atomic E-state index is -0.629. The maximum absolute atomic E-state index is 11.6. The third-order valence-electron chi connectivity index (χ3n) is 2.18. The molecule has 0 aliphatic heterocycles. The van der Waals surface area contributed by atoms with Gasteiger partial charge in [-0.1, -0.05) is 27.7 Å². The summed E-state index contributed by atoms with van der Waals surface area (Å²) in [5, 5.41) is 12.2. The molecule has 0 spiro atoms. The van der Waals surface area contributed by atoms with E-state index in [9.17, 15) is 9.90 Å². The Bertz CT molecular complexity index is 211. The predicted octanol–water partition coefficient (Wildman–Crippen LogP) is 1.18. The van der Waals surface area contributed by atoms with Gasteiger partial charge in [0.1, 0.15) is 12.7 Å². The molecule has 0 aromatic carbocycles. The van der Waals surface area contributed by atoms with E-state index >= 15 is 0 Å². The largest absolute Gasteiger partial charge is 0.463 e. The number of aliphatic hydroxyl groups is 1. The monoisotopic (exact) mass is 231 g/mol. The Hall–Kier alpha value is -0.610. The van der Waals surface area contributed by atoms with Crippen molar-refractivity contribution < 1.29 is 14.6 Å². The third kappa shape index (κ3) is 7.65. The van der Waals surface area contributed by atoms with Crippen LogP contribution in [0.1, 0.15) is 34.1 Å². The van der Waals surface area contributed by atoms with Crippen molar-refractivity contribution in [1.29, 1.82) is 0 Å². The molecular weight excluding hydrogens is 206 g/mol. The molecule has 0 fully saturated rings. The molecule has 0 amide bonds. The van der Waals surface area contributed by atoms with E-state index in [0.29, 0.717) is 6.54 Å². The Kier molecular flexibility index (Phi) is 6.60. The Morgan fingerprint density at radius 3 is 2.44 bits per heavy atom. The fourth-order valence-electron chi connectivity index (χ4n) is 1.62. The third-order valence-corrected chi connectivity index (χ3v) is 2.18. The second-order valence-corrected chi connectivity index (χ2v) is 5.51. The van der Waals surface area contributed by atoms with Crippen molar-refractivity contribution in [3.63, 3.8) is 0 Å². The van der Waals surface area contributed by atoms with E-state index in [4.69, 9.17) is 4.74 Å². The molecular formula is C12H25NO3. The van der Waals surface area contributed by atoms with Gasteiger partial charge in [-0.05, 0) is 18.9 Å². The van der Waals surface area contributed by atoms with Crippen LogP contribution in [0.25, 0.3) is 0 Å². The van der Waals surface area contributed by atoms with Gasteiger partial charge in [0.05, 0.1) is 5.92 Å². The Labute approximate surface area is 98.4 Å². The SMILES string of the molecule is CNCC(O)COC(=O)C(C)CC(C)(C)C. The van der Waals surface area contributed by atoms with Crippen LogP contribution >= 0.6 is 0 Å². The second kappa shape index (κ2) is 6.86. The van der Waals surface area contributed by atoms with Crippen molar-refractivity contribution in [1.82, 2.24) is 5.32 Å². The van der Waals surface area contributed by atoms with Gasteiger partial charge in [0, 0.05) is 6.54 Å². The minimum absolute atomic E-state index is 0.0636. The number of hydrogen-bond donors (Lipinski definition) is 2. The Morgan fingerprint density at radius 2 is 2.00 bits per heavy atom. The van der Waals surface area contributed by atoms with Gasteiger partial charge in [0.25, 0.3) is 0 Å². The standard InChI is InChI=1S/C12H25NO3/c1-9(6-12(2,3)4)11(15)16-8-10(14)7-13-5/h9-10,13-14H,6-8H2,1-5H3. The first kappa shape index (κ1) is 15.4. The zero-order chi connectivity index (χ0) is 12.8. The summed E-state index contributed by atoms with van der Waals surface area (Å²) in [6, 6.07) is 0. The zero-order valence-corrected chi connectivity index (χ0v) is 11.0. The van der Waals surface area contributed by atoms with Gasteiger partial charge in [-0.15, -0.1) is 0 Å². The van der Waals surface area contributed by atoms with Crippen LogP contribution in [-0.2, 0) is 9.53 Å². The van der Waals surface area contributed by atoms with E-state index in [1.165, 1.54) is 0 Å². The maximum Gasteiger partial charge on any atom is 0.308 e. The second-order valence-electron chi connectivity index (χ2n) is 5.51. The molecule has 0 bridgehead atoms. The molecule has 0 aliphatic carbocycles. The number of ether oxygens (including phenoxy) is 1. The topological polar surface area (TPSA) is 58.6 Å². The van der Waals surface area contributed by atoms with Crippen molar-refractivity contribution in [3.05, 3.63) is 0 Å². The number of hydrogen-bond acceptors (Lipinski definition) is 4. The van der Waals surface area contributed by atoms with Crippen LogP contribution in [0.3, 0.4) is 0 Å². The van der Waals surface area contributed by atoms with Crippen LogP contribution < -0.4 is 5.32 Å². The molecule has 96 valence electrons. The van der Waals surface area contributed by atoms with Crippen molar-refractivity contribution >= 4 is 5.97 Å². The van der Waals surface area contributed by atoms with Crippen LogP contribution in [0, 0.1) is 11.3 Å². The fourth-order valence-corrected chi connectivity index (χ4v) is 1.62. The van der Waals surface area contributed by atoms with Gasteiger partial charge in [0.15, 0.2) is 0 Å². The van der Waals surface area contributed by atoms with Crippen molar-refractivity contribution in [2.24, 2.45) is 11.3 Å². The summed E-state index contributed by atoms with van der Waals surface area (Å²) in [4.78, 5) is 11.6.